The first-order valence-electron chi connectivity index (χ1n) is 12.6. The van der Waals surface area contributed by atoms with E-state index in [2.05, 4.69) is 15.7 Å². The van der Waals surface area contributed by atoms with Gasteiger partial charge in [-0.2, -0.15) is 18.3 Å². The van der Waals surface area contributed by atoms with Gasteiger partial charge in [-0.05, 0) is 67.9 Å². The fourth-order valence-corrected chi connectivity index (χ4v) is 7.69. The molecule has 5 aliphatic rings. The minimum atomic E-state index is -4.48. The van der Waals surface area contributed by atoms with Crippen molar-refractivity contribution in [3.63, 3.8) is 0 Å². The maximum Gasteiger partial charge on any atom is 0.410 e. The molecular formula is C26H32F3N5O. The van der Waals surface area contributed by atoms with Gasteiger partial charge in [0.15, 0.2) is 6.04 Å². The number of alkyl halides is 3. The molecule has 2 atom stereocenters. The Kier molecular flexibility index (Phi) is 5.13. The minimum Gasteiger partial charge on any atom is -0.377 e. The highest BCUT2D eigenvalue weighted by molar-refractivity contribution is 5.99. The maximum absolute atomic E-state index is 14.2. The summed E-state index contributed by atoms with van der Waals surface area (Å²) in [6.45, 7) is 0. The first-order chi connectivity index (χ1) is 16.6. The van der Waals surface area contributed by atoms with Crippen LogP contribution in [-0.4, -0.2) is 41.5 Å². The first-order valence-corrected chi connectivity index (χ1v) is 12.6. The summed E-state index contributed by atoms with van der Waals surface area (Å²) in [7, 11) is 3.75. The average Bonchev–Trinajstić information content (AvgIpc) is 3.20. The van der Waals surface area contributed by atoms with Crippen LogP contribution in [0.4, 0.5) is 24.7 Å². The SMILES string of the molecule is CN(C)c1ccccc1C1CC(C(F)(F)F)n2ncc(C(=O)NC34CC5CC(CC(C5)C3)C4)c2N1. The highest BCUT2D eigenvalue weighted by Crippen LogP contribution is 2.56. The van der Waals surface area contributed by atoms with E-state index in [-0.39, 0.29) is 29.2 Å². The highest BCUT2D eigenvalue weighted by atomic mass is 19.4. The van der Waals surface area contributed by atoms with Gasteiger partial charge in [-0.1, -0.05) is 18.2 Å². The van der Waals surface area contributed by atoms with Gasteiger partial charge < -0.3 is 15.5 Å². The van der Waals surface area contributed by atoms with Crippen LogP contribution in [0, 0.1) is 17.8 Å². The molecular weight excluding hydrogens is 455 g/mol. The molecule has 4 aliphatic carbocycles. The summed E-state index contributed by atoms with van der Waals surface area (Å²) < 4.78 is 43.5. The van der Waals surface area contributed by atoms with Gasteiger partial charge in [-0.3, -0.25) is 4.79 Å². The molecule has 0 spiro atoms. The van der Waals surface area contributed by atoms with Crippen molar-refractivity contribution >= 4 is 17.4 Å². The summed E-state index contributed by atoms with van der Waals surface area (Å²) in [5.41, 5.74) is 1.59. The van der Waals surface area contributed by atoms with Gasteiger partial charge >= 0.3 is 6.18 Å². The number of halogens is 3. The summed E-state index contributed by atoms with van der Waals surface area (Å²) in [4.78, 5) is 15.4. The molecule has 0 saturated heterocycles. The van der Waals surface area contributed by atoms with Crippen molar-refractivity contribution in [2.24, 2.45) is 17.8 Å². The topological polar surface area (TPSA) is 62.2 Å². The molecule has 1 aromatic carbocycles. The average molecular weight is 488 g/mol. The normalized spacial score (nSPS) is 33.2. The van der Waals surface area contributed by atoms with E-state index >= 15 is 0 Å². The number of nitrogens with one attached hydrogen (secondary N) is 2. The van der Waals surface area contributed by atoms with E-state index in [1.165, 1.54) is 25.5 Å². The molecule has 6 nitrogen and oxygen atoms in total. The summed E-state index contributed by atoms with van der Waals surface area (Å²) in [6.07, 6.45) is 3.31. The van der Waals surface area contributed by atoms with Gasteiger partial charge in [-0.25, -0.2) is 4.68 Å². The lowest BCUT2D eigenvalue weighted by Crippen LogP contribution is -2.59. The Balaban J connectivity index is 1.33. The Morgan fingerprint density at radius 1 is 1.09 bits per heavy atom. The molecule has 1 amide bonds. The third-order valence-electron chi connectivity index (χ3n) is 8.69. The Morgan fingerprint density at radius 2 is 1.71 bits per heavy atom. The van der Waals surface area contributed by atoms with Crippen molar-refractivity contribution in [1.29, 1.82) is 0 Å². The number of carbonyl (C=O) groups excluding carboxylic acids is 1. The summed E-state index contributed by atoms with van der Waals surface area (Å²) in [6, 6.07) is 5.04. The van der Waals surface area contributed by atoms with Gasteiger partial charge in [-0.15, -0.1) is 0 Å². The molecule has 4 fully saturated rings. The number of fused-ring (bicyclic) bond motifs is 1. The predicted octanol–water partition coefficient (Wildman–Crippen LogP) is 5.31. The number of benzene rings is 1. The Labute approximate surface area is 203 Å². The second-order valence-electron chi connectivity index (χ2n) is 11.4. The number of hydrogen-bond donors (Lipinski definition) is 2. The summed E-state index contributed by atoms with van der Waals surface area (Å²) in [5.74, 6) is 1.80. The molecule has 2 heterocycles. The molecule has 2 N–H and O–H groups in total. The van der Waals surface area contributed by atoms with Crippen molar-refractivity contribution in [3.8, 4) is 0 Å². The molecule has 35 heavy (non-hydrogen) atoms. The molecule has 2 aromatic rings. The number of nitrogens with zero attached hydrogens (tertiary/aromatic N) is 3. The Bertz CT molecular complexity index is 1100. The number of aromatic nitrogens is 2. The van der Waals surface area contributed by atoms with E-state index in [4.69, 9.17) is 0 Å². The second-order valence-corrected chi connectivity index (χ2v) is 11.4. The van der Waals surface area contributed by atoms with Crippen LogP contribution >= 0.6 is 0 Å². The first kappa shape index (κ1) is 22.7. The monoisotopic (exact) mass is 487 g/mol. The molecule has 0 radical (unpaired) electrons. The van der Waals surface area contributed by atoms with Gasteiger partial charge in [0.05, 0.1) is 12.2 Å². The second kappa shape index (κ2) is 7.90. The van der Waals surface area contributed by atoms with Gasteiger partial charge in [0.2, 0.25) is 0 Å². The number of anilines is 2. The Morgan fingerprint density at radius 3 is 2.31 bits per heavy atom. The van der Waals surface area contributed by atoms with Crippen LogP contribution in [-0.2, 0) is 0 Å². The van der Waals surface area contributed by atoms with E-state index in [0.717, 1.165) is 35.2 Å². The zero-order valence-corrected chi connectivity index (χ0v) is 20.1. The maximum atomic E-state index is 14.2. The molecule has 2 unspecified atom stereocenters. The van der Waals surface area contributed by atoms with Crippen LogP contribution < -0.4 is 15.5 Å². The third-order valence-corrected chi connectivity index (χ3v) is 8.69. The van der Waals surface area contributed by atoms with Crippen LogP contribution in [0.1, 0.15) is 73.0 Å². The van der Waals surface area contributed by atoms with Gasteiger partial charge in [0.25, 0.3) is 5.91 Å². The van der Waals surface area contributed by atoms with E-state index in [0.29, 0.717) is 17.8 Å². The number of para-hydroxylation sites is 1. The molecule has 9 heteroatoms. The van der Waals surface area contributed by atoms with Crippen LogP contribution in [0.2, 0.25) is 0 Å². The summed E-state index contributed by atoms with van der Waals surface area (Å²) in [5, 5.41) is 10.6. The number of rotatable bonds is 4. The highest BCUT2D eigenvalue weighted by Gasteiger charge is 2.52. The molecule has 1 aromatic heterocycles. The van der Waals surface area contributed by atoms with Gasteiger partial charge in [0, 0.05) is 31.7 Å². The lowest BCUT2D eigenvalue weighted by atomic mass is 9.53. The van der Waals surface area contributed by atoms with E-state index < -0.39 is 18.3 Å². The zero-order chi connectivity index (χ0) is 24.5. The smallest absolute Gasteiger partial charge is 0.377 e. The van der Waals surface area contributed by atoms with Crippen LogP contribution in [0.25, 0.3) is 0 Å². The molecule has 4 saturated carbocycles. The fraction of sp³-hybridized carbons (Fsp3) is 0.615. The van der Waals surface area contributed by atoms with Crippen LogP contribution in [0.15, 0.2) is 30.5 Å². The number of hydrogen-bond acceptors (Lipinski definition) is 4. The van der Waals surface area contributed by atoms with Crippen molar-refractivity contribution in [1.82, 2.24) is 15.1 Å². The molecule has 188 valence electrons. The fourth-order valence-electron chi connectivity index (χ4n) is 7.69. The van der Waals surface area contributed by atoms with E-state index in [9.17, 15) is 18.0 Å². The van der Waals surface area contributed by atoms with Crippen molar-refractivity contribution < 1.29 is 18.0 Å². The number of amides is 1. The lowest BCUT2D eigenvalue weighted by molar-refractivity contribution is -0.173. The largest absolute Gasteiger partial charge is 0.410 e. The molecule has 1 aliphatic heterocycles. The standard InChI is InChI=1S/C26H32F3N5O/c1-33(2)21-6-4-3-5-18(21)20-10-22(26(27,28)29)34-23(31-20)19(14-30-34)24(35)32-25-11-15-7-16(12-25)9-17(8-15)13-25/h3-6,14-17,20,22,31H,7-13H2,1-2H3,(H,32,35). The summed E-state index contributed by atoms with van der Waals surface area (Å²) >= 11 is 0. The van der Waals surface area contributed by atoms with Crippen molar-refractivity contribution in [3.05, 3.63) is 41.6 Å². The lowest BCUT2D eigenvalue weighted by Gasteiger charge is -2.56. The van der Waals surface area contributed by atoms with E-state index in [1.54, 1.807) is 0 Å². The van der Waals surface area contributed by atoms with Crippen LogP contribution in [0.5, 0.6) is 0 Å². The minimum absolute atomic E-state index is 0.152. The van der Waals surface area contributed by atoms with Crippen LogP contribution in [0.3, 0.4) is 0 Å². The number of carbonyl (C=O) groups is 1. The Hall–Kier alpha value is -2.71. The van der Waals surface area contributed by atoms with Crippen molar-refractivity contribution in [2.45, 2.75) is 68.7 Å². The van der Waals surface area contributed by atoms with E-state index in [1.807, 2.05) is 43.3 Å². The molecule has 7 rings (SSSR count). The molecule has 4 bridgehead atoms. The third kappa shape index (κ3) is 3.87. The van der Waals surface area contributed by atoms with Gasteiger partial charge in [0.1, 0.15) is 11.4 Å². The van der Waals surface area contributed by atoms with Crippen molar-refractivity contribution in [2.75, 3.05) is 24.3 Å². The predicted molar refractivity (Wildman–Crippen MR) is 127 cm³/mol. The zero-order valence-electron chi connectivity index (χ0n) is 20.1. The quantitative estimate of drug-likeness (QED) is 0.614.